The SMILES string of the molecule is CCC(C)Oc1c(Br)cc(C=C2C(=O)NC(=O)N(Cc3ccco3)C2=O)cc1OC. The number of nitrogens with zero attached hydrogens (tertiary/aromatic N) is 1. The van der Waals surface area contributed by atoms with Crippen LogP contribution in [0.5, 0.6) is 11.5 Å². The second-order valence-corrected chi connectivity index (χ2v) is 7.51. The van der Waals surface area contributed by atoms with Crippen molar-refractivity contribution >= 4 is 39.9 Å². The zero-order chi connectivity index (χ0) is 21.8. The number of urea groups is 1. The van der Waals surface area contributed by atoms with E-state index in [2.05, 4.69) is 21.2 Å². The van der Waals surface area contributed by atoms with E-state index < -0.39 is 17.8 Å². The number of barbiturate groups is 1. The molecule has 1 N–H and O–H groups in total. The Balaban J connectivity index is 1.94. The number of benzene rings is 1. The summed E-state index contributed by atoms with van der Waals surface area (Å²) >= 11 is 3.46. The summed E-state index contributed by atoms with van der Waals surface area (Å²) in [6.07, 6.45) is 3.64. The minimum Gasteiger partial charge on any atom is -0.493 e. The zero-order valence-electron chi connectivity index (χ0n) is 16.7. The molecular formula is C21H21BrN2O6. The number of hydrogen-bond donors (Lipinski definition) is 1. The van der Waals surface area contributed by atoms with Crippen molar-refractivity contribution in [2.75, 3.05) is 7.11 Å². The Labute approximate surface area is 181 Å². The number of imide groups is 2. The number of rotatable bonds is 7. The van der Waals surface area contributed by atoms with Gasteiger partial charge in [0.25, 0.3) is 11.8 Å². The normalized spacial score (nSPS) is 16.6. The van der Waals surface area contributed by atoms with Crippen LogP contribution in [-0.4, -0.2) is 36.0 Å². The van der Waals surface area contributed by atoms with Crippen LogP contribution in [0.2, 0.25) is 0 Å². The molecule has 1 saturated heterocycles. The van der Waals surface area contributed by atoms with Gasteiger partial charge in [-0.1, -0.05) is 6.92 Å². The number of carbonyl (C=O) groups is 3. The van der Waals surface area contributed by atoms with Crippen molar-refractivity contribution in [2.45, 2.75) is 32.9 Å². The summed E-state index contributed by atoms with van der Waals surface area (Å²) in [5, 5.41) is 2.18. The second kappa shape index (κ2) is 9.17. The second-order valence-electron chi connectivity index (χ2n) is 6.66. The van der Waals surface area contributed by atoms with E-state index in [4.69, 9.17) is 13.9 Å². The van der Waals surface area contributed by atoms with Crippen LogP contribution in [0.4, 0.5) is 4.79 Å². The van der Waals surface area contributed by atoms with Gasteiger partial charge in [0.15, 0.2) is 11.5 Å². The number of halogens is 1. The van der Waals surface area contributed by atoms with E-state index in [-0.39, 0.29) is 18.2 Å². The van der Waals surface area contributed by atoms with E-state index in [9.17, 15) is 14.4 Å². The maximum absolute atomic E-state index is 12.8. The minimum atomic E-state index is -0.797. The van der Waals surface area contributed by atoms with Gasteiger partial charge < -0.3 is 13.9 Å². The van der Waals surface area contributed by atoms with Crippen LogP contribution in [0, 0.1) is 0 Å². The molecule has 4 amide bonds. The van der Waals surface area contributed by atoms with Gasteiger partial charge >= 0.3 is 6.03 Å². The molecule has 3 rings (SSSR count). The van der Waals surface area contributed by atoms with Crippen LogP contribution in [0.25, 0.3) is 6.08 Å². The maximum Gasteiger partial charge on any atom is 0.331 e. The van der Waals surface area contributed by atoms with Crippen LogP contribution < -0.4 is 14.8 Å². The quantitative estimate of drug-likeness (QED) is 0.480. The maximum atomic E-state index is 12.8. The van der Waals surface area contributed by atoms with E-state index in [1.165, 1.54) is 19.4 Å². The lowest BCUT2D eigenvalue weighted by atomic mass is 10.1. The van der Waals surface area contributed by atoms with Crippen LogP contribution in [0.1, 0.15) is 31.6 Å². The molecule has 8 nitrogen and oxygen atoms in total. The number of furan rings is 1. The first-order valence-corrected chi connectivity index (χ1v) is 10.1. The van der Waals surface area contributed by atoms with Gasteiger partial charge in [-0.25, -0.2) is 4.79 Å². The fraction of sp³-hybridized carbons (Fsp3) is 0.286. The highest BCUT2D eigenvalue weighted by atomic mass is 79.9. The van der Waals surface area contributed by atoms with Gasteiger partial charge in [-0.05, 0) is 65.2 Å². The molecule has 0 bridgehead atoms. The first-order chi connectivity index (χ1) is 14.3. The van der Waals surface area contributed by atoms with Crippen LogP contribution in [-0.2, 0) is 16.1 Å². The van der Waals surface area contributed by atoms with E-state index in [0.29, 0.717) is 27.3 Å². The number of hydrogen-bond acceptors (Lipinski definition) is 6. The molecular weight excluding hydrogens is 456 g/mol. The average Bonchev–Trinajstić information content (AvgIpc) is 3.23. The highest BCUT2D eigenvalue weighted by Crippen LogP contribution is 2.38. The Morgan fingerprint density at radius 2 is 2.07 bits per heavy atom. The number of amides is 4. The average molecular weight is 477 g/mol. The van der Waals surface area contributed by atoms with Gasteiger partial charge in [-0.2, -0.15) is 0 Å². The predicted molar refractivity (Wildman–Crippen MR) is 112 cm³/mol. The number of methoxy groups -OCH3 is 1. The summed E-state index contributed by atoms with van der Waals surface area (Å²) < 4.78 is 17.1. The van der Waals surface area contributed by atoms with Crippen molar-refractivity contribution in [3.8, 4) is 11.5 Å². The molecule has 1 aliphatic rings. The van der Waals surface area contributed by atoms with E-state index >= 15 is 0 Å². The molecule has 2 aromatic rings. The fourth-order valence-electron chi connectivity index (χ4n) is 2.78. The molecule has 9 heteroatoms. The van der Waals surface area contributed by atoms with Gasteiger partial charge in [0, 0.05) is 0 Å². The first-order valence-electron chi connectivity index (χ1n) is 9.29. The van der Waals surface area contributed by atoms with Crippen LogP contribution in [0.3, 0.4) is 0 Å². The predicted octanol–water partition coefficient (Wildman–Crippen LogP) is 3.89. The monoisotopic (exact) mass is 476 g/mol. The molecule has 0 spiro atoms. The summed E-state index contributed by atoms with van der Waals surface area (Å²) in [7, 11) is 1.50. The van der Waals surface area contributed by atoms with E-state index in [1.54, 1.807) is 24.3 Å². The molecule has 1 aromatic carbocycles. The lowest BCUT2D eigenvalue weighted by Gasteiger charge is -2.25. The third kappa shape index (κ3) is 4.56. The molecule has 1 aromatic heterocycles. The summed E-state index contributed by atoms with van der Waals surface area (Å²) in [5.74, 6) is -0.0826. The Morgan fingerprint density at radius 3 is 2.70 bits per heavy atom. The van der Waals surface area contributed by atoms with E-state index in [0.717, 1.165) is 11.3 Å². The highest BCUT2D eigenvalue weighted by molar-refractivity contribution is 9.10. The van der Waals surface area contributed by atoms with Crippen molar-refractivity contribution in [2.24, 2.45) is 0 Å². The smallest absolute Gasteiger partial charge is 0.331 e. The Bertz CT molecular complexity index is 999. The lowest BCUT2D eigenvalue weighted by Crippen LogP contribution is -2.53. The fourth-order valence-corrected chi connectivity index (χ4v) is 3.34. The third-order valence-electron chi connectivity index (χ3n) is 4.54. The van der Waals surface area contributed by atoms with Crippen LogP contribution >= 0.6 is 15.9 Å². The summed E-state index contributed by atoms with van der Waals surface area (Å²) in [5.41, 5.74) is 0.353. The Kier molecular flexibility index (Phi) is 6.61. The summed E-state index contributed by atoms with van der Waals surface area (Å²) in [6, 6.07) is 5.86. The first kappa shape index (κ1) is 21.6. The number of nitrogens with one attached hydrogen (secondary N) is 1. The molecule has 1 aliphatic heterocycles. The molecule has 0 aliphatic carbocycles. The third-order valence-corrected chi connectivity index (χ3v) is 5.13. The van der Waals surface area contributed by atoms with Crippen molar-refractivity contribution in [3.63, 3.8) is 0 Å². The Hall–Kier alpha value is -3.07. The summed E-state index contributed by atoms with van der Waals surface area (Å²) in [6.45, 7) is 3.86. The minimum absolute atomic E-state index is 0.0220. The molecule has 1 fully saturated rings. The van der Waals surface area contributed by atoms with Gasteiger partial charge in [0.05, 0.1) is 30.5 Å². The van der Waals surface area contributed by atoms with Gasteiger partial charge in [0.2, 0.25) is 0 Å². The molecule has 30 heavy (non-hydrogen) atoms. The molecule has 158 valence electrons. The zero-order valence-corrected chi connectivity index (χ0v) is 18.3. The van der Waals surface area contributed by atoms with Crippen molar-refractivity contribution < 1.29 is 28.3 Å². The molecule has 0 saturated carbocycles. The molecule has 0 radical (unpaired) electrons. The van der Waals surface area contributed by atoms with E-state index in [1.807, 2.05) is 13.8 Å². The van der Waals surface area contributed by atoms with Crippen molar-refractivity contribution in [1.82, 2.24) is 10.2 Å². The van der Waals surface area contributed by atoms with Gasteiger partial charge in [0.1, 0.15) is 11.3 Å². The lowest BCUT2D eigenvalue weighted by molar-refractivity contribution is -0.130. The highest BCUT2D eigenvalue weighted by Gasteiger charge is 2.36. The summed E-state index contributed by atoms with van der Waals surface area (Å²) in [4.78, 5) is 38.2. The molecule has 2 heterocycles. The molecule has 1 atom stereocenters. The topological polar surface area (TPSA) is 98.1 Å². The van der Waals surface area contributed by atoms with Crippen molar-refractivity contribution in [1.29, 1.82) is 0 Å². The standard InChI is InChI=1S/C21H21BrN2O6/c1-4-12(2)30-18-16(22)9-13(10-17(18)28-3)8-15-19(25)23-21(27)24(20(15)26)11-14-6-5-7-29-14/h5-10,12H,4,11H2,1-3H3,(H,23,25,27). The van der Waals surface area contributed by atoms with Crippen molar-refractivity contribution in [3.05, 3.63) is 51.9 Å². The number of ether oxygens (including phenoxy) is 2. The molecule has 1 unspecified atom stereocenters. The Morgan fingerprint density at radius 1 is 1.30 bits per heavy atom. The number of carbonyl (C=O) groups excluding carboxylic acids is 3. The van der Waals surface area contributed by atoms with Gasteiger partial charge in [-0.15, -0.1) is 0 Å². The van der Waals surface area contributed by atoms with Gasteiger partial charge in [-0.3, -0.25) is 19.8 Å². The largest absolute Gasteiger partial charge is 0.493 e. The van der Waals surface area contributed by atoms with Crippen LogP contribution in [0.15, 0.2) is 45.0 Å².